The Balaban J connectivity index is 1.99. The minimum absolute atomic E-state index is 0.446. The fraction of sp³-hybridized carbons (Fsp3) is 0.312. The van der Waals surface area contributed by atoms with Gasteiger partial charge in [-0.05, 0) is 18.5 Å². The van der Waals surface area contributed by atoms with Crippen LogP contribution in [-0.2, 0) is 13.5 Å². The van der Waals surface area contributed by atoms with Crippen LogP contribution < -0.4 is 5.73 Å². The van der Waals surface area contributed by atoms with Crippen molar-refractivity contribution in [2.75, 3.05) is 6.54 Å². The van der Waals surface area contributed by atoms with Gasteiger partial charge in [-0.1, -0.05) is 25.1 Å². The molecular formula is C16H20N4. The average molecular weight is 268 g/mol. The highest BCUT2D eigenvalue weighted by Gasteiger charge is 2.11. The topological polar surface area (TPSA) is 59.6 Å². The molecule has 4 heteroatoms. The third-order valence-corrected chi connectivity index (χ3v) is 3.76. The third kappa shape index (κ3) is 2.23. The zero-order valence-corrected chi connectivity index (χ0v) is 11.9. The van der Waals surface area contributed by atoms with E-state index in [1.54, 1.807) is 0 Å². The summed E-state index contributed by atoms with van der Waals surface area (Å²) >= 11 is 0. The quantitative estimate of drug-likeness (QED) is 0.764. The Morgan fingerprint density at radius 3 is 2.95 bits per heavy atom. The smallest absolute Gasteiger partial charge is 0.106 e. The molecule has 0 aliphatic carbocycles. The van der Waals surface area contributed by atoms with Crippen LogP contribution in [0.4, 0.5) is 0 Å². The number of aromatic nitrogens is 3. The highest BCUT2D eigenvalue weighted by molar-refractivity contribution is 5.95. The predicted octanol–water partition coefficient (Wildman–Crippen LogP) is 2.71. The molecule has 0 bridgehead atoms. The van der Waals surface area contributed by atoms with Crippen LogP contribution in [-0.4, -0.2) is 21.1 Å². The molecule has 3 aromatic rings. The summed E-state index contributed by atoms with van der Waals surface area (Å²) in [6.45, 7) is 2.82. The number of imidazole rings is 1. The lowest BCUT2D eigenvalue weighted by atomic mass is 10.1. The lowest BCUT2D eigenvalue weighted by molar-refractivity contribution is 0.577. The van der Waals surface area contributed by atoms with Gasteiger partial charge in [0.05, 0.1) is 11.9 Å². The van der Waals surface area contributed by atoms with Gasteiger partial charge in [0, 0.05) is 36.1 Å². The summed E-state index contributed by atoms with van der Waals surface area (Å²) in [7, 11) is 2.07. The first-order chi connectivity index (χ1) is 9.69. The molecule has 0 fully saturated rings. The lowest BCUT2D eigenvalue weighted by Crippen LogP contribution is -2.13. The standard InChI is InChI=1S/C16H20N4/c1-11(8-17)7-16-18-9-14(19-16)13-10-20(2)15-6-4-3-5-12(13)15/h3-6,9-11H,7-8,17H2,1-2H3,(H,18,19). The van der Waals surface area contributed by atoms with E-state index in [4.69, 9.17) is 5.73 Å². The van der Waals surface area contributed by atoms with Crippen molar-refractivity contribution in [2.45, 2.75) is 13.3 Å². The summed E-state index contributed by atoms with van der Waals surface area (Å²) in [5.41, 5.74) is 9.17. The van der Waals surface area contributed by atoms with Crippen molar-refractivity contribution in [3.05, 3.63) is 42.5 Å². The summed E-state index contributed by atoms with van der Waals surface area (Å²) in [4.78, 5) is 7.90. The molecule has 1 aromatic carbocycles. The maximum absolute atomic E-state index is 5.67. The van der Waals surface area contributed by atoms with Crippen LogP contribution in [0.25, 0.3) is 22.2 Å². The summed E-state index contributed by atoms with van der Waals surface area (Å²) < 4.78 is 2.15. The van der Waals surface area contributed by atoms with Crippen LogP contribution in [0.5, 0.6) is 0 Å². The lowest BCUT2D eigenvalue weighted by Gasteiger charge is -2.04. The zero-order valence-electron chi connectivity index (χ0n) is 11.9. The second kappa shape index (κ2) is 5.13. The zero-order chi connectivity index (χ0) is 14.1. The largest absolute Gasteiger partial charge is 0.350 e. The number of hydrogen-bond acceptors (Lipinski definition) is 2. The van der Waals surface area contributed by atoms with Crippen LogP contribution in [0.3, 0.4) is 0 Å². The van der Waals surface area contributed by atoms with E-state index in [0.29, 0.717) is 12.5 Å². The molecule has 1 atom stereocenters. The second-order valence-corrected chi connectivity index (χ2v) is 5.46. The van der Waals surface area contributed by atoms with E-state index in [1.807, 2.05) is 6.20 Å². The van der Waals surface area contributed by atoms with Crippen molar-refractivity contribution in [1.29, 1.82) is 0 Å². The third-order valence-electron chi connectivity index (χ3n) is 3.76. The van der Waals surface area contributed by atoms with Gasteiger partial charge in [-0.25, -0.2) is 4.98 Å². The van der Waals surface area contributed by atoms with Crippen molar-refractivity contribution < 1.29 is 0 Å². The Labute approximate surface area is 118 Å². The molecule has 0 spiro atoms. The fourth-order valence-electron chi connectivity index (χ4n) is 2.57. The van der Waals surface area contributed by atoms with Crippen molar-refractivity contribution in [2.24, 2.45) is 18.7 Å². The van der Waals surface area contributed by atoms with Crippen LogP contribution in [0.2, 0.25) is 0 Å². The second-order valence-electron chi connectivity index (χ2n) is 5.46. The molecule has 1 unspecified atom stereocenters. The first kappa shape index (κ1) is 12.9. The fourth-order valence-corrected chi connectivity index (χ4v) is 2.57. The Morgan fingerprint density at radius 2 is 2.15 bits per heavy atom. The molecule has 3 rings (SSSR count). The van der Waals surface area contributed by atoms with Crippen LogP contribution in [0.15, 0.2) is 36.7 Å². The van der Waals surface area contributed by atoms with Crippen LogP contribution in [0.1, 0.15) is 12.7 Å². The summed E-state index contributed by atoms with van der Waals surface area (Å²) in [5.74, 6) is 1.45. The number of nitrogens with one attached hydrogen (secondary N) is 1. The van der Waals surface area contributed by atoms with Crippen molar-refractivity contribution in [3.8, 4) is 11.3 Å². The number of fused-ring (bicyclic) bond motifs is 1. The molecule has 0 aliphatic rings. The molecule has 104 valence electrons. The van der Waals surface area contributed by atoms with Crippen molar-refractivity contribution in [3.63, 3.8) is 0 Å². The molecular weight excluding hydrogens is 248 g/mol. The Bertz CT molecular complexity index is 723. The molecule has 20 heavy (non-hydrogen) atoms. The first-order valence-corrected chi connectivity index (χ1v) is 6.97. The van der Waals surface area contributed by atoms with Gasteiger partial charge < -0.3 is 15.3 Å². The van der Waals surface area contributed by atoms with E-state index in [-0.39, 0.29) is 0 Å². The van der Waals surface area contributed by atoms with E-state index < -0.39 is 0 Å². The van der Waals surface area contributed by atoms with E-state index >= 15 is 0 Å². The molecule has 0 saturated carbocycles. The van der Waals surface area contributed by atoms with Gasteiger partial charge in [0.2, 0.25) is 0 Å². The number of nitrogens with zero attached hydrogens (tertiary/aromatic N) is 2. The minimum Gasteiger partial charge on any atom is -0.350 e. The van der Waals surface area contributed by atoms with Gasteiger partial charge in [-0.2, -0.15) is 0 Å². The van der Waals surface area contributed by atoms with E-state index in [2.05, 4.69) is 59.0 Å². The monoisotopic (exact) mass is 268 g/mol. The normalized spacial score (nSPS) is 12.9. The molecule has 2 aromatic heterocycles. The number of benzene rings is 1. The van der Waals surface area contributed by atoms with Gasteiger partial charge in [0.15, 0.2) is 0 Å². The Kier molecular flexibility index (Phi) is 3.32. The number of rotatable bonds is 4. The SMILES string of the molecule is CC(CN)Cc1ncc(-c2cn(C)c3ccccc23)[nH]1. The van der Waals surface area contributed by atoms with Gasteiger partial charge >= 0.3 is 0 Å². The molecule has 0 saturated heterocycles. The van der Waals surface area contributed by atoms with Crippen LogP contribution >= 0.6 is 0 Å². The number of para-hydroxylation sites is 1. The summed E-state index contributed by atoms with van der Waals surface area (Å²) in [6.07, 6.45) is 4.95. The maximum atomic E-state index is 5.67. The number of nitrogens with two attached hydrogens (primary N) is 1. The number of aryl methyl sites for hydroxylation is 1. The Hall–Kier alpha value is -2.07. The first-order valence-electron chi connectivity index (χ1n) is 6.97. The van der Waals surface area contributed by atoms with Gasteiger partial charge in [0.1, 0.15) is 5.82 Å². The molecule has 0 aliphatic heterocycles. The van der Waals surface area contributed by atoms with E-state index in [9.17, 15) is 0 Å². The summed E-state index contributed by atoms with van der Waals surface area (Å²) in [6, 6.07) is 8.41. The number of aromatic amines is 1. The highest BCUT2D eigenvalue weighted by atomic mass is 14.9. The van der Waals surface area contributed by atoms with Gasteiger partial charge in [-0.15, -0.1) is 0 Å². The number of hydrogen-bond donors (Lipinski definition) is 2. The minimum atomic E-state index is 0.446. The van der Waals surface area contributed by atoms with E-state index in [0.717, 1.165) is 17.9 Å². The molecule has 4 nitrogen and oxygen atoms in total. The van der Waals surface area contributed by atoms with Crippen molar-refractivity contribution in [1.82, 2.24) is 14.5 Å². The molecule has 3 N–H and O–H groups in total. The molecule has 2 heterocycles. The Morgan fingerprint density at radius 1 is 1.35 bits per heavy atom. The molecule has 0 radical (unpaired) electrons. The van der Waals surface area contributed by atoms with E-state index in [1.165, 1.54) is 16.5 Å². The average Bonchev–Trinajstić information content (AvgIpc) is 3.04. The van der Waals surface area contributed by atoms with Gasteiger partial charge in [0.25, 0.3) is 0 Å². The van der Waals surface area contributed by atoms with Gasteiger partial charge in [-0.3, -0.25) is 0 Å². The summed E-state index contributed by atoms with van der Waals surface area (Å²) in [5, 5.41) is 1.25. The van der Waals surface area contributed by atoms with Crippen LogP contribution in [0, 0.1) is 5.92 Å². The maximum Gasteiger partial charge on any atom is 0.106 e. The highest BCUT2D eigenvalue weighted by Crippen LogP contribution is 2.28. The number of H-pyrrole nitrogens is 1. The molecule has 0 amide bonds. The van der Waals surface area contributed by atoms with Crippen molar-refractivity contribution >= 4 is 10.9 Å². The predicted molar refractivity (Wildman–Crippen MR) is 82.4 cm³/mol.